The minimum Gasteiger partial charge on any atom is -0.368 e. The number of rotatable bonds is 6. The number of Topliss-reactive ketones (excluding diaryl/α,β-unsaturated/α-hetero) is 1. The molecule has 3 heterocycles. The van der Waals surface area contributed by atoms with Crippen LogP contribution in [0.3, 0.4) is 0 Å². The number of hydrogen-bond donors (Lipinski definition) is 2. The molecule has 1 fully saturated rings. The fraction of sp³-hybridized carbons (Fsp3) is 0.222. The van der Waals surface area contributed by atoms with E-state index in [0.717, 1.165) is 6.42 Å². The summed E-state index contributed by atoms with van der Waals surface area (Å²) in [4.78, 5) is 42.6. The van der Waals surface area contributed by atoms with E-state index in [1.807, 2.05) is 35.2 Å². The number of aromatic nitrogens is 4. The first kappa shape index (κ1) is 24.6. The smallest absolute Gasteiger partial charge is 0.267 e. The third-order valence-electron chi connectivity index (χ3n) is 6.60. The predicted molar refractivity (Wildman–Crippen MR) is 145 cm³/mol. The largest absolute Gasteiger partial charge is 0.368 e. The van der Waals surface area contributed by atoms with Crippen LogP contribution in [0.5, 0.6) is 0 Å². The van der Waals surface area contributed by atoms with E-state index in [9.17, 15) is 9.59 Å². The van der Waals surface area contributed by atoms with E-state index < -0.39 is 0 Å². The van der Waals surface area contributed by atoms with Crippen LogP contribution in [0.2, 0.25) is 5.02 Å². The van der Waals surface area contributed by atoms with Crippen molar-refractivity contribution in [2.75, 3.05) is 23.7 Å². The lowest BCUT2D eigenvalue weighted by molar-refractivity contribution is 0.103. The van der Waals surface area contributed by atoms with Gasteiger partial charge in [0.05, 0.1) is 33.2 Å². The highest BCUT2D eigenvalue weighted by Gasteiger charge is 2.35. The molecule has 188 valence electrons. The molecule has 1 aliphatic heterocycles. The Morgan fingerprint density at radius 3 is 2.68 bits per heavy atom. The SMILES string of the molecule is C/C=C(/CN)C(=O)c1cnc(N)nc1N1CCC[C@H]1c1nc2cccc(Cl)c2c(=O)n1-c1ccccc1. The van der Waals surface area contributed by atoms with Gasteiger partial charge >= 0.3 is 0 Å². The van der Waals surface area contributed by atoms with Gasteiger partial charge in [-0.15, -0.1) is 0 Å². The van der Waals surface area contributed by atoms with Crippen molar-refractivity contribution < 1.29 is 4.79 Å². The number of carbonyl (C=O) groups excluding carboxylic acids is 1. The molecule has 10 heteroatoms. The van der Waals surface area contributed by atoms with Gasteiger partial charge in [-0.3, -0.25) is 14.2 Å². The van der Waals surface area contributed by atoms with Crippen LogP contribution in [0, 0.1) is 0 Å². The van der Waals surface area contributed by atoms with Gasteiger partial charge in [-0.1, -0.05) is 41.9 Å². The minimum absolute atomic E-state index is 0.0469. The van der Waals surface area contributed by atoms with Crippen molar-refractivity contribution in [1.82, 2.24) is 19.5 Å². The summed E-state index contributed by atoms with van der Waals surface area (Å²) < 4.78 is 1.60. The summed E-state index contributed by atoms with van der Waals surface area (Å²) in [5.74, 6) is 0.715. The quantitative estimate of drug-likeness (QED) is 0.292. The van der Waals surface area contributed by atoms with Crippen LogP contribution in [-0.4, -0.2) is 38.4 Å². The summed E-state index contributed by atoms with van der Waals surface area (Å²) in [6.45, 7) is 2.44. The van der Waals surface area contributed by atoms with Gasteiger partial charge in [-0.2, -0.15) is 4.98 Å². The third-order valence-corrected chi connectivity index (χ3v) is 6.92. The maximum atomic E-state index is 13.9. The second kappa shape index (κ2) is 10.1. The average Bonchev–Trinajstić information content (AvgIpc) is 3.39. The van der Waals surface area contributed by atoms with Crippen molar-refractivity contribution in [1.29, 1.82) is 0 Å². The normalized spacial score (nSPS) is 15.9. The molecule has 1 saturated heterocycles. The molecule has 0 aliphatic carbocycles. The molecule has 1 atom stereocenters. The standard InChI is InChI=1S/C27H26ClN7O2/c1-2-16(14-29)23(36)18-15-31-27(30)33-24(18)34-13-7-12-21(34)25-32-20-11-6-10-19(28)22(20)26(37)35(25)17-8-4-3-5-9-17/h2-6,8-11,15,21H,7,12-14,29H2,1H3,(H2,30,31,33)/b16-2-/t21-/m0/s1. The van der Waals surface area contributed by atoms with Crippen LogP contribution in [0.4, 0.5) is 11.8 Å². The van der Waals surface area contributed by atoms with E-state index in [1.54, 1.807) is 35.8 Å². The van der Waals surface area contributed by atoms with Gasteiger partial charge in [0.15, 0.2) is 5.78 Å². The van der Waals surface area contributed by atoms with Crippen molar-refractivity contribution >= 4 is 40.1 Å². The van der Waals surface area contributed by atoms with E-state index in [0.29, 0.717) is 57.4 Å². The summed E-state index contributed by atoms with van der Waals surface area (Å²) in [7, 11) is 0. The van der Waals surface area contributed by atoms with E-state index in [2.05, 4.69) is 9.97 Å². The van der Waals surface area contributed by atoms with Crippen molar-refractivity contribution in [2.45, 2.75) is 25.8 Å². The molecule has 0 bridgehead atoms. The predicted octanol–water partition coefficient (Wildman–Crippen LogP) is 3.84. The lowest BCUT2D eigenvalue weighted by atomic mass is 10.0. The summed E-state index contributed by atoms with van der Waals surface area (Å²) in [6, 6.07) is 14.2. The fourth-order valence-electron chi connectivity index (χ4n) is 4.83. The molecule has 0 unspecified atom stereocenters. The zero-order chi connectivity index (χ0) is 26.1. The maximum Gasteiger partial charge on any atom is 0.267 e. The zero-order valence-electron chi connectivity index (χ0n) is 20.3. The number of para-hydroxylation sites is 1. The van der Waals surface area contributed by atoms with Crippen molar-refractivity contribution in [3.63, 3.8) is 0 Å². The van der Waals surface area contributed by atoms with Gasteiger partial charge in [-0.25, -0.2) is 9.97 Å². The van der Waals surface area contributed by atoms with Crippen molar-refractivity contribution in [3.05, 3.63) is 93.1 Å². The van der Waals surface area contributed by atoms with Crippen LogP contribution >= 0.6 is 11.6 Å². The summed E-state index contributed by atoms with van der Waals surface area (Å²) >= 11 is 6.44. The number of ketones is 1. The van der Waals surface area contributed by atoms with Crippen LogP contribution in [0.15, 0.2) is 71.2 Å². The number of nitrogen functional groups attached to an aromatic ring is 1. The Morgan fingerprint density at radius 2 is 1.95 bits per heavy atom. The molecular formula is C27H26ClN7O2. The summed E-state index contributed by atoms with van der Waals surface area (Å²) in [5.41, 5.74) is 13.4. The number of allylic oxidation sites excluding steroid dienone is 1. The van der Waals surface area contributed by atoms with Gasteiger partial charge in [0.2, 0.25) is 5.95 Å². The Morgan fingerprint density at radius 1 is 1.16 bits per heavy atom. The Hall–Kier alpha value is -4.08. The van der Waals surface area contributed by atoms with E-state index >= 15 is 0 Å². The molecule has 0 amide bonds. The molecule has 0 spiro atoms. The Bertz CT molecular complexity index is 1580. The molecule has 1 aliphatic rings. The highest BCUT2D eigenvalue weighted by Crippen LogP contribution is 2.38. The van der Waals surface area contributed by atoms with E-state index in [1.165, 1.54) is 6.20 Å². The number of hydrogen-bond acceptors (Lipinski definition) is 8. The molecule has 5 rings (SSSR count). The number of nitrogens with two attached hydrogens (primary N) is 2. The Balaban J connectivity index is 1.74. The molecule has 4 N–H and O–H groups in total. The van der Waals surface area contributed by atoms with Crippen LogP contribution in [-0.2, 0) is 0 Å². The molecule has 2 aromatic heterocycles. The Kier molecular flexibility index (Phi) is 6.73. The lowest BCUT2D eigenvalue weighted by Crippen LogP contribution is -2.33. The second-order valence-corrected chi connectivity index (χ2v) is 9.15. The lowest BCUT2D eigenvalue weighted by Gasteiger charge is -2.29. The number of anilines is 2. The molecule has 4 aromatic rings. The fourth-order valence-corrected chi connectivity index (χ4v) is 5.08. The van der Waals surface area contributed by atoms with E-state index in [4.69, 9.17) is 28.1 Å². The highest BCUT2D eigenvalue weighted by molar-refractivity contribution is 6.35. The molecule has 37 heavy (non-hydrogen) atoms. The molecular weight excluding hydrogens is 490 g/mol. The highest BCUT2D eigenvalue weighted by atomic mass is 35.5. The number of benzene rings is 2. The van der Waals surface area contributed by atoms with E-state index in [-0.39, 0.29) is 29.9 Å². The maximum absolute atomic E-state index is 13.9. The molecule has 0 radical (unpaired) electrons. The second-order valence-electron chi connectivity index (χ2n) is 8.74. The van der Waals surface area contributed by atoms with Gasteiger partial charge < -0.3 is 16.4 Å². The van der Waals surface area contributed by atoms with Crippen LogP contribution in [0.1, 0.15) is 42.0 Å². The third kappa shape index (κ3) is 4.36. The van der Waals surface area contributed by atoms with Gasteiger partial charge in [0.1, 0.15) is 11.6 Å². The van der Waals surface area contributed by atoms with Crippen LogP contribution < -0.4 is 21.9 Å². The number of nitrogens with zero attached hydrogens (tertiary/aromatic N) is 5. The van der Waals surface area contributed by atoms with Gasteiger partial charge in [-0.05, 0) is 44.0 Å². The minimum atomic E-state index is -0.357. The summed E-state index contributed by atoms with van der Waals surface area (Å²) in [5, 5.41) is 0.691. The van der Waals surface area contributed by atoms with Gasteiger partial charge in [0, 0.05) is 24.9 Å². The average molecular weight is 516 g/mol. The molecule has 9 nitrogen and oxygen atoms in total. The topological polar surface area (TPSA) is 133 Å². The number of carbonyl (C=O) groups is 1. The van der Waals surface area contributed by atoms with Crippen molar-refractivity contribution in [3.8, 4) is 5.69 Å². The Labute approximate surface area is 218 Å². The van der Waals surface area contributed by atoms with Crippen molar-refractivity contribution in [2.24, 2.45) is 5.73 Å². The monoisotopic (exact) mass is 515 g/mol. The van der Waals surface area contributed by atoms with Crippen LogP contribution in [0.25, 0.3) is 16.6 Å². The number of halogens is 1. The first-order valence-corrected chi connectivity index (χ1v) is 12.4. The first-order valence-electron chi connectivity index (χ1n) is 12.0. The zero-order valence-corrected chi connectivity index (χ0v) is 21.0. The first-order chi connectivity index (χ1) is 17.9. The number of fused-ring (bicyclic) bond motifs is 1. The molecule has 0 saturated carbocycles. The van der Waals surface area contributed by atoms with Gasteiger partial charge in [0.25, 0.3) is 5.56 Å². The summed E-state index contributed by atoms with van der Waals surface area (Å²) in [6.07, 6.45) is 4.61. The molecule has 2 aromatic carbocycles.